The van der Waals surface area contributed by atoms with E-state index in [1.165, 1.54) is 0 Å². The highest BCUT2D eigenvalue weighted by Gasteiger charge is 2.38. The second kappa shape index (κ2) is 3.32. The molecule has 2 N–H and O–H groups in total. The lowest BCUT2D eigenvalue weighted by atomic mass is 10.0. The van der Waals surface area contributed by atoms with Crippen LogP contribution in [0.1, 0.15) is 0 Å². The van der Waals surface area contributed by atoms with Crippen molar-refractivity contribution in [1.29, 1.82) is 5.26 Å². The van der Waals surface area contributed by atoms with Crippen LogP contribution in [0.15, 0.2) is 0 Å². The molecule has 0 aliphatic carbocycles. The molecule has 1 heterocycles. The monoisotopic (exact) mass is 203 g/mol. The number of carbonyl (C=O) groups excluding carboxylic acids is 1. The molecule has 72 valence electrons. The maximum absolute atomic E-state index is 11.1. The first-order valence-electron chi connectivity index (χ1n) is 3.61. The van der Waals surface area contributed by atoms with Crippen LogP contribution in [0.4, 0.5) is 0 Å². The molecular formula is C6H9N3O3S. The molecule has 13 heavy (non-hydrogen) atoms. The highest BCUT2D eigenvalue weighted by molar-refractivity contribution is 7.89. The molecule has 1 aliphatic rings. The van der Waals surface area contributed by atoms with Gasteiger partial charge >= 0.3 is 0 Å². The number of nitrogens with two attached hydrogens (primary N) is 1. The fraction of sp³-hybridized carbons (Fsp3) is 0.667. The Kier molecular flexibility index (Phi) is 2.54. The number of nitriles is 1. The van der Waals surface area contributed by atoms with Crippen LogP contribution in [0, 0.1) is 17.2 Å². The van der Waals surface area contributed by atoms with Crippen LogP contribution < -0.4 is 5.73 Å². The Morgan fingerprint density at radius 3 is 2.54 bits per heavy atom. The number of rotatable bonds is 3. The largest absolute Gasteiger partial charge is 0.369 e. The summed E-state index contributed by atoms with van der Waals surface area (Å²) in [5, 5.41) is 8.20. The van der Waals surface area contributed by atoms with Crippen molar-refractivity contribution in [2.45, 2.75) is 0 Å². The first-order chi connectivity index (χ1) is 5.97. The second-order valence-corrected chi connectivity index (χ2v) is 4.80. The highest BCUT2D eigenvalue weighted by Crippen LogP contribution is 2.18. The molecule has 6 nitrogen and oxygen atoms in total. The summed E-state index contributed by atoms with van der Waals surface area (Å²) in [6.45, 7) is 0.221. The number of nitrogens with zero attached hydrogens (tertiary/aromatic N) is 2. The number of carbonyl (C=O) groups is 1. The summed E-state index contributed by atoms with van der Waals surface area (Å²) < 4.78 is 23.4. The molecule has 0 radical (unpaired) electrons. The molecule has 1 fully saturated rings. The van der Waals surface area contributed by atoms with Crippen molar-refractivity contribution >= 4 is 15.9 Å². The fourth-order valence-corrected chi connectivity index (χ4v) is 2.18. The lowest BCUT2D eigenvalue weighted by Gasteiger charge is -2.35. The Bertz CT molecular complexity index is 350. The van der Waals surface area contributed by atoms with Gasteiger partial charge in [-0.15, -0.1) is 0 Å². The minimum absolute atomic E-state index is 0.110. The Morgan fingerprint density at radius 1 is 1.62 bits per heavy atom. The summed E-state index contributed by atoms with van der Waals surface area (Å²) in [5.74, 6) is -1.43. The molecule has 1 amide bonds. The SMILES string of the molecule is N#CCS(=O)(=O)N1CC(C(N)=O)C1. The zero-order chi connectivity index (χ0) is 10.1. The maximum Gasteiger partial charge on any atom is 0.227 e. The average molecular weight is 203 g/mol. The third-order valence-electron chi connectivity index (χ3n) is 1.89. The van der Waals surface area contributed by atoms with Gasteiger partial charge in [-0.25, -0.2) is 8.42 Å². The molecule has 0 aromatic heterocycles. The molecule has 0 aromatic carbocycles. The summed E-state index contributed by atoms with van der Waals surface area (Å²) in [7, 11) is -3.48. The molecule has 0 unspecified atom stereocenters. The summed E-state index contributed by atoms with van der Waals surface area (Å²) in [6.07, 6.45) is 0. The van der Waals surface area contributed by atoms with Crippen LogP contribution in [-0.2, 0) is 14.8 Å². The molecule has 1 saturated heterocycles. The van der Waals surface area contributed by atoms with Crippen LogP contribution in [0.3, 0.4) is 0 Å². The summed E-state index contributed by atoms with van der Waals surface area (Å²) in [6, 6.07) is 1.56. The number of hydrogen-bond donors (Lipinski definition) is 1. The van der Waals surface area contributed by atoms with Crippen LogP contribution in [-0.4, -0.2) is 37.5 Å². The number of amides is 1. The second-order valence-electron chi connectivity index (χ2n) is 2.83. The average Bonchev–Trinajstić information content (AvgIpc) is 1.79. The minimum atomic E-state index is -3.48. The Balaban J connectivity index is 2.53. The lowest BCUT2D eigenvalue weighted by Crippen LogP contribution is -2.55. The van der Waals surface area contributed by atoms with Crippen molar-refractivity contribution in [2.75, 3.05) is 18.8 Å². The van der Waals surface area contributed by atoms with Gasteiger partial charge in [-0.3, -0.25) is 4.79 Å². The molecule has 0 bridgehead atoms. The van der Waals surface area contributed by atoms with Crippen molar-refractivity contribution in [1.82, 2.24) is 4.31 Å². The van der Waals surface area contributed by atoms with Gasteiger partial charge in [-0.05, 0) is 0 Å². The Morgan fingerprint density at radius 2 is 2.15 bits per heavy atom. The van der Waals surface area contributed by atoms with E-state index >= 15 is 0 Å². The smallest absolute Gasteiger partial charge is 0.227 e. The van der Waals surface area contributed by atoms with Gasteiger partial charge in [0, 0.05) is 13.1 Å². The lowest BCUT2D eigenvalue weighted by molar-refractivity contribution is -0.124. The molecule has 0 spiro atoms. The van der Waals surface area contributed by atoms with Gasteiger partial charge in [0.2, 0.25) is 15.9 Å². The van der Waals surface area contributed by atoms with Crippen molar-refractivity contribution in [3.63, 3.8) is 0 Å². The first-order valence-corrected chi connectivity index (χ1v) is 5.22. The van der Waals surface area contributed by atoms with Gasteiger partial charge in [0.25, 0.3) is 0 Å². The molecule has 1 rings (SSSR count). The van der Waals surface area contributed by atoms with E-state index in [0.717, 1.165) is 4.31 Å². The van der Waals surface area contributed by atoms with E-state index in [-0.39, 0.29) is 13.1 Å². The number of hydrogen-bond acceptors (Lipinski definition) is 4. The Labute approximate surface area is 76.0 Å². The zero-order valence-corrected chi connectivity index (χ0v) is 7.62. The molecule has 1 aliphatic heterocycles. The van der Waals surface area contributed by atoms with Gasteiger partial charge < -0.3 is 5.73 Å². The molecule has 0 aromatic rings. The van der Waals surface area contributed by atoms with Gasteiger partial charge in [0.05, 0.1) is 12.0 Å². The number of sulfonamides is 1. The van der Waals surface area contributed by atoms with Crippen molar-refractivity contribution in [3.8, 4) is 6.07 Å². The van der Waals surface area contributed by atoms with E-state index in [1.54, 1.807) is 6.07 Å². The zero-order valence-electron chi connectivity index (χ0n) is 6.80. The minimum Gasteiger partial charge on any atom is -0.369 e. The van der Waals surface area contributed by atoms with Crippen molar-refractivity contribution in [2.24, 2.45) is 11.7 Å². The normalized spacial score (nSPS) is 19.0. The number of primary amides is 1. The quantitative estimate of drug-likeness (QED) is 0.587. The first kappa shape index (κ1) is 9.95. The summed E-state index contributed by atoms with van der Waals surface area (Å²) >= 11 is 0. The van der Waals surface area contributed by atoms with Crippen LogP contribution in [0.25, 0.3) is 0 Å². The molecule has 0 atom stereocenters. The van der Waals surface area contributed by atoms with Gasteiger partial charge in [0.15, 0.2) is 5.75 Å². The van der Waals surface area contributed by atoms with Gasteiger partial charge in [-0.2, -0.15) is 9.57 Å². The third-order valence-corrected chi connectivity index (χ3v) is 3.47. The van der Waals surface area contributed by atoms with E-state index in [2.05, 4.69) is 0 Å². The van der Waals surface area contributed by atoms with Crippen LogP contribution >= 0.6 is 0 Å². The topological polar surface area (TPSA) is 104 Å². The van der Waals surface area contributed by atoms with Gasteiger partial charge in [0.1, 0.15) is 0 Å². The van der Waals surface area contributed by atoms with E-state index in [9.17, 15) is 13.2 Å². The summed E-state index contributed by atoms with van der Waals surface area (Å²) in [4.78, 5) is 10.5. The van der Waals surface area contributed by atoms with E-state index < -0.39 is 27.6 Å². The van der Waals surface area contributed by atoms with Gasteiger partial charge in [-0.1, -0.05) is 0 Å². The summed E-state index contributed by atoms with van der Waals surface area (Å²) in [5.41, 5.74) is 4.95. The van der Waals surface area contributed by atoms with Crippen molar-refractivity contribution < 1.29 is 13.2 Å². The molecule has 7 heteroatoms. The highest BCUT2D eigenvalue weighted by atomic mass is 32.2. The predicted octanol–water partition coefficient (Wildman–Crippen LogP) is -1.74. The third kappa shape index (κ3) is 1.96. The van der Waals surface area contributed by atoms with Crippen molar-refractivity contribution in [3.05, 3.63) is 0 Å². The van der Waals surface area contributed by atoms with E-state index in [0.29, 0.717) is 0 Å². The molecular weight excluding hydrogens is 194 g/mol. The van der Waals surface area contributed by atoms with E-state index in [4.69, 9.17) is 11.0 Å². The maximum atomic E-state index is 11.1. The fourth-order valence-electron chi connectivity index (χ4n) is 1.02. The van der Waals surface area contributed by atoms with Crippen LogP contribution in [0.2, 0.25) is 0 Å². The molecule has 0 saturated carbocycles. The predicted molar refractivity (Wildman–Crippen MR) is 43.7 cm³/mol. The van der Waals surface area contributed by atoms with E-state index in [1.807, 2.05) is 0 Å². The standard InChI is InChI=1S/C6H9N3O3S/c7-1-2-13(11,12)9-3-5(4-9)6(8)10/h5H,2-4H2,(H2,8,10). The Hall–Kier alpha value is -1.13. The van der Waals surface area contributed by atoms with Crippen LogP contribution in [0.5, 0.6) is 0 Å².